The van der Waals surface area contributed by atoms with Gasteiger partial charge in [0.25, 0.3) is 5.91 Å². The molecule has 2 N–H and O–H groups in total. The van der Waals surface area contributed by atoms with Crippen LogP contribution < -0.4 is 10.6 Å². The third-order valence-electron chi connectivity index (χ3n) is 4.81. The Balaban J connectivity index is 1.57. The lowest BCUT2D eigenvalue weighted by atomic mass is 10.0. The summed E-state index contributed by atoms with van der Waals surface area (Å²) in [5, 5.41) is 7.40. The molecule has 8 heteroatoms. The highest BCUT2D eigenvalue weighted by Gasteiger charge is 2.34. The third-order valence-corrected chi connectivity index (χ3v) is 6.70. The van der Waals surface area contributed by atoms with Gasteiger partial charge in [-0.25, -0.2) is 4.79 Å². The van der Waals surface area contributed by atoms with Crippen LogP contribution in [-0.4, -0.2) is 36.3 Å². The lowest BCUT2D eigenvalue weighted by Gasteiger charge is -2.28. The topological polar surface area (TPSA) is 70.7 Å². The Morgan fingerprint density at radius 1 is 1.33 bits per heavy atom. The minimum atomic E-state index is -0.293. The lowest BCUT2D eigenvalue weighted by Crippen LogP contribution is -2.39. The molecule has 6 nitrogen and oxygen atoms in total. The van der Waals surface area contributed by atoms with E-state index in [4.69, 9.17) is 4.74 Å². The molecule has 1 atom stereocenters. The second-order valence-corrected chi connectivity index (χ2v) is 8.39. The predicted octanol–water partition coefficient (Wildman–Crippen LogP) is 3.84. The number of rotatable bonds is 3. The molecule has 0 fully saturated rings. The van der Waals surface area contributed by atoms with E-state index in [0.29, 0.717) is 26.1 Å². The number of ether oxygens (including phenoxy) is 1. The maximum absolute atomic E-state index is 12.8. The Kier molecular flexibility index (Phi) is 5.01. The molecule has 1 unspecified atom stereocenters. The van der Waals surface area contributed by atoms with E-state index in [1.165, 1.54) is 4.90 Å². The number of carbonyl (C=O) groups is 2. The first-order valence-corrected chi connectivity index (χ1v) is 10.9. The van der Waals surface area contributed by atoms with Gasteiger partial charge in [0.2, 0.25) is 0 Å². The number of hydrogen-bond donors (Lipinski definition) is 2. The average Bonchev–Trinajstić information content (AvgIpc) is 3.06. The normalized spacial score (nSPS) is 18.2. The first kappa shape index (κ1) is 18.2. The second kappa shape index (κ2) is 7.44. The van der Waals surface area contributed by atoms with Gasteiger partial charge in [0.05, 0.1) is 18.7 Å². The second-order valence-electron chi connectivity index (χ2n) is 6.40. The van der Waals surface area contributed by atoms with Gasteiger partial charge in [-0.3, -0.25) is 4.79 Å². The minimum Gasteiger partial charge on any atom is -0.450 e. The fourth-order valence-electron chi connectivity index (χ4n) is 3.45. The van der Waals surface area contributed by atoms with Crippen molar-refractivity contribution >= 4 is 40.1 Å². The van der Waals surface area contributed by atoms with Crippen molar-refractivity contribution in [3.05, 3.63) is 45.8 Å². The van der Waals surface area contributed by atoms with Crippen LogP contribution in [0.15, 0.2) is 29.2 Å². The first-order valence-electron chi connectivity index (χ1n) is 8.88. The summed E-state index contributed by atoms with van der Waals surface area (Å²) >= 11 is 3.25. The molecule has 0 aliphatic carbocycles. The van der Waals surface area contributed by atoms with Crippen LogP contribution in [0.2, 0.25) is 0 Å². The Morgan fingerprint density at radius 3 is 2.81 bits per heavy atom. The van der Waals surface area contributed by atoms with Crippen molar-refractivity contribution in [1.29, 1.82) is 0 Å². The number of nitrogens with one attached hydrogen (secondary N) is 2. The van der Waals surface area contributed by atoms with E-state index < -0.39 is 0 Å². The fraction of sp³-hybridized carbons (Fsp3) is 0.368. The van der Waals surface area contributed by atoms with Crippen LogP contribution in [0.25, 0.3) is 0 Å². The lowest BCUT2D eigenvalue weighted by molar-refractivity contribution is 0.0934. The van der Waals surface area contributed by atoms with Crippen LogP contribution >= 0.6 is 23.1 Å². The van der Waals surface area contributed by atoms with Gasteiger partial charge in [0, 0.05) is 16.3 Å². The Labute approximate surface area is 166 Å². The maximum atomic E-state index is 12.8. The van der Waals surface area contributed by atoms with E-state index in [-0.39, 0.29) is 18.2 Å². The van der Waals surface area contributed by atoms with Gasteiger partial charge in [0.15, 0.2) is 0 Å². The molecular formula is C19H21N3O3S2. The van der Waals surface area contributed by atoms with E-state index in [2.05, 4.69) is 22.8 Å². The summed E-state index contributed by atoms with van der Waals surface area (Å²) in [4.78, 5) is 28.7. The number of thioether (sulfide) groups is 1. The molecule has 2 aliphatic heterocycles. The molecule has 4 rings (SSSR count). The highest BCUT2D eigenvalue weighted by Crippen LogP contribution is 2.40. The molecule has 2 amide bonds. The van der Waals surface area contributed by atoms with Gasteiger partial charge in [-0.2, -0.15) is 0 Å². The summed E-state index contributed by atoms with van der Waals surface area (Å²) in [5.74, 6) is -0.0511. The molecular weight excluding hydrogens is 382 g/mol. The van der Waals surface area contributed by atoms with E-state index in [1.54, 1.807) is 34.9 Å². The summed E-state index contributed by atoms with van der Waals surface area (Å²) < 4.78 is 5.11. The van der Waals surface area contributed by atoms with Crippen LogP contribution in [0.3, 0.4) is 0 Å². The number of anilines is 1. The zero-order chi connectivity index (χ0) is 19.0. The summed E-state index contributed by atoms with van der Waals surface area (Å²) in [5.41, 5.74) is 2.80. The fourth-order valence-corrected chi connectivity index (χ4v) is 5.15. The van der Waals surface area contributed by atoms with Crippen LogP contribution in [0.4, 0.5) is 9.80 Å². The molecule has 27 heavy (non-hydrogen) atoms. The highest BCUT2D eigenvalue weighted by atomic mass is 32.2. The molecule has 3 heterocycles. The van der Waals surface area contributed by atoms with E-state index in [0.717, 1.165) is 26.6 Å². The molecule has 0 spiro atoms. The number of fused-ring (bicyclic) bond motifs is 3. The van der Waals surface area contributed by atoms with Crippen LogP contribution in [0.1, 0.15) is 39.5 Å². The Morgan fingerprint density at radius 2 is 2.11 bits per heavy atom. The summed E-state index contributed by atoms with van der Waals surface area (Å²) in [6.45, 7) is 3.23. The zero-order valence-electron chi connectivity index (χ0n) is 15.2. The maximum Gasteiger partial charge on any atom is 0.410 e. The zero-order valence-corrected chi connectivity index (χ0v) is 16.8. The molecule has 2 aromatic rings. The molecule has 2 aliphatic rings. The SMILES string of the molecule is CCOC(=O)N1CCc2c(sc3c2C(=O)NC(c2ccc(SC)cc2)N3)C1. The van der Waals surface area contributed by atoms with Crippen LogP contribution in [0, 0.1) is 0 Å². The molecule has 1 aromatic heterocycles. The smallest absolute Gasteiger partial charge is 0.410 e. The quantitative estimate of drug-likeness (QED) is 0.762. The predicted molar refractivity (Wildman–Crippen MR) is 108 cm³/mol. The van der Waals surface area contributed by atoms with Crippen LogP contribution in [-0.2, 0) is 17.7 Å². The number of benzene rings is 1. The van der Waals surface area contributed by atoms with Gasteiger partial charge in [-0.05, 0) is 42.9 Å². The van der Waals surface area contributed by atoms with Crippen molar-refractivity contribution in [2.75, 3.05) is 24.7 Å². The third kappa shape index (κ3) is 3.39. The average molecular weight is 404 g/mol. The Hall–Kier alpha value is -2.19. The van der Waals surface area contributed by atoms with Gasteiger partial charge in [0.1, 0.15) is 11.2 Å². The van der Waals surface area contributed by atoms with Gasteiger partial charge >= 0.3 is 6.09 Å². The molecule has 0 bridgehead atoms. The minimum absolute atomic E-state index is 0.0511. The summed E-state index contributed by atoms with van der Waals surface area (Å²) in [7, 11) is 0. The van der Waals surface area contributed by atoms with Crippen molar-refractivity contribution in [2.24, 2.45) is 0 Å². The van der Waals surface area contributed by atoms with E-state index in [9.17, 15) is 9.59 Å². The molecule has 1 aromatic carbocycles. The van der Waals surface area contributed by atoms with Crippen molar-refractivity contribution in [3.8, 4) is 0 Å². The molecule has 142 valence electrons. The number of nitrogens with zero attached hydrogens (tertiary/aromatic N) is 1. The summed E-state index contributed by atoms with van der Waals surface area (Å²) in [6, 6.07) is 8.18. The number of amides is 2. The van der Waals surface area contributed by atoms with E-state index >= 15 is 0 Å². The van der Waals surface area contributed by atoms with Crippen molar-refractivity contribution in [1.82, 2.24) is 10.2 Å². The first-order chi connectivity index (χ1) is 13.1. The van der Waals surface area contributed by atoms with Gasteiger partial charge in [-0.15, -0.1) is 23.1 Å². The highest BCUT2D eigenvalue weighted by molar-refractivity contribution is 7.98. The van der Waals surface area contributed by atoms with Crippen LogP contribution in [0.5, 0.6) is 0 Å². The molecule has 0 radical (unpaired) electrons. The molecule has 0 saturated heterocycles. The monoisotopic (exact) mass is 403 g/mol. The van der Waals surface area contributed by atoms with Gasteiger partial charge in [-0.1, -0.05) is 12.1 Å². The number of thiophene rings is 1. The number of hydrogen-bond acceptors (Lipinski definition) is 6. The number of carbonyl (C=O) groups excluding carboxylic acids is 2. The van der Waals surface area contributed by atoms with E-state index in [1.807, 2.05) is 18.4 Å². The Bertz CT molecular complexity index is 879. The summed E-state index contributed by atoms with van der Waals surface area (Å²) in [6.07, 6.45) is 2.17. The van der Waals surface area contributed by atoms with Gasteiger partial charge < -0.3 is 20.3 Å². The largest absolute Gasteiger partial charge is 0.450 e. The standard InChI is InChI=1S/C19H21N3O3S2/c1-3-25-19(24)22-9-8-13-14(10-22)27-18-15(13)17(23)20-16(21-18)11-4-6-12(26-2)7-5-11/h4-7,16,21H,3,8-10H2,1-2H3,(H,20,23). The van der Waals surface area contributed by atoms with Crippen molar-refractivity contribution in [2.45, 2.75) is 31.0 Å². The van der Waals surface area contributed by atoms with Crippen molar-refractivity contribution < 1.29 is 14.3 Å². The molecule has 0 saturated carbocycles. The van der Waals surface area contributed by atoms with Crippen molar-refractivity contribution in [3.63, 3.8) is 0 Å².